The maximum absolute atomic E-state index is 10.7. The van der Waals surface area contributed by atoms with E-state index in [2.05, 4.69) is 12.2 Å². The van der Waals surface area contributed by atoms with Crippen LogP contribution in [0, 0.1) is 0 Å². The third-order valence-electron chi connectivity index (χ3n) is 2.39. The lowest BCUT2D eigenvalue weighted by molar-refractivity contribution is -0.117. The molecule has 2 N–H and O–H groups in total. The van der Waals surface area contributed by atoms with Gasteiger partial charge in [-0.05, 0) is 52.0 Å². The van der Waals surface area contributed by atoms with Gasteiger partial charge in [0.2, 0.25) is 0 Å². The third-order valence-corrected chi connectivity index (χ3v) is 2.39. The Labute approximate surface area is 93.9 Å². The van der Waals surface area contributed by atoms with Crippen molar-refractivity contribution in [2.75, 3.05) is 6.54 Å². The molecule has 2 nitrogen and oxygen atoms in total. The molecule has 0 fully saturated rings. The molecule has 0 bridgehead atoms. The normalized spacial score (nSPS) is 11.1. The van der Waals surface area contributed by atoms with Crippen LogP contribution in [0.3, 0.4) is 0 Å². The lowest BCUT2D eigenvalue weighted by Gasteiger charge is -1.95. The van der Waals surface area contributed by atoms with Gasteiger partial charge in [-0.3, -0.25) is 0 Å². The number of hydrogen-bond acceptors (Lipinski definition) is 2. The van der Waals surface area contributed by atoms with Crippen LogP contribution in [0.5, 0.6) is 0 Å². The van der Waals surface area contributed by atoms with Gasteiger partial charge in [0, 0.05) is 6.42 Å². The van der Waals surface area contributed by atoms with Crippen molar-refractivity contribution in [2.24, 2.45) is 5.73 Å². The zero-order chi connectivity index (χ0) is 11.4. The molecule has 2 heteroatoms. The Morgan fingerprint density at radius 1 is 1.00 bits per heavy atom. The number of nitrogens with two attached hydrogens (primary N) is 1. The van der Waals surface area contributed by atoms with Gasteiger partial charge in [-0.2, -0.15) is 0 Å². The van der Waals surface area contributed by atoms with Crippen LogP contribution in [0.1, 0.15) is 58.3 Å². The zero-order valence-corrected chi connectivity index (χ0v) is 10.0. The smallest absolute Gasteiger partial charge is 0.129 e. The van der Waals surface area contributed by atoms with Gasteiger partial charge in [0.15, 0.2) is 0 Å². The number of allylic oxidation sites excluding steroid dienone is 2. The number of unbranched alkanes of at least 4 members (excludes halogenated alkanes) is 5. The minimum Gasteiger partial charge on any atom is -0.330 e. The van der Waals surface area contributed by atoms with E-state index in [-0.39, 0.29) is 0 Å². The van der Waals surface area contributed by atoms with Crippen molar-refractivity contribution >= 4 is 5.78 Å². The number of carbonyl (C=O) groups excluding carboxylic acids is 1. The molecule has 0 rings (SSSR count). The molecular formula is C13H25NO. The monoisotopic (exact) mass is 211 g/mol. The highest BCUT2D eigenvalue weighted by Gasteiger charge is 1.91. The largest absolute Gasteiger partial charge is 0.330 e. The fourth-order valence-electron chi connectivity index (χ4n) is 1.46. The average molecular weight is 211 g/mol. The second-order valence-electron chi connectivity index (χ2n) is 4.06. The van der Waals surface area contributed by atoms with Crippen LogP contribution in [0.4, 0.5) is 0 Å². The molecule has 0 aromatic carbocycles. The van der Waals surface area contributed by atoms with E-state index in [1.807, 2.05) is 0 Å². The average Bonchev–Trinajstić information content (AvgIpc) is 2.20. The molecule has 0 saturated carbocycles. The van der Waals surface area contributed by atoms with Crippen molar-refractivity contribution in [2.45, 2.75) is 58.3 Å². The van der Waals surface area contributed by atoms with Crippen LogP contribution in [0.15, 0.2) is 12.2 Å². The van der Waals surface area contributed by atoms with Crippen molar-refractivity contribution in [1.29, 1.82) is 0 Å². The molecule has 88 valence electrons. The Balaban J connectivity index is 3.07. The van der Waals surface area contributed by atoms with Crippen LogP contribution in [-0.4, -0.2) is 12.3 Å². The first-order chi connectivity index (χ1) is 7.27. The Morgan fingerprint density at radius 2 is 1.60 bits per heavy atom. The molecule has 0 radical (unpaired) electrons. The Kier molecular flexibility index (Phi) is 11.0. The molecular weight excluding hydrogens is 186 g/mol. The number of rotatable bonds is 10. The van der Waals surface area contributed by atoms with E-state index in [0.717, 1.165) is 38.6 Å². The lowest BCUT2D eigenvalue weighted by Crippen LogP contribution is -1.97. The molecule has 15 heavy (non-hydrogen) atoms. The van der Waals surface area contributed by atoms with E-state index in [4.69, 9.17) is 5.73 Å². The summed E-state index contributed by atoms with van der Waals surface area (Å²) in [6.45, 7) is 2.47. The first-order valence-corrected chi connectivity index (χ1v) is 6.12. The number of hydrogen-bond donors (Lipinski definition) is 1. The minimum atomic E-state index is 0.306. The molecule has 0 aliphatic rings. The fourth-order valence-corrected chi connectivity index (χ4v) is 1.46. The van der Waals surface area contributed by atoms with Crippen molar-refractivity contribution in [3.05, 3.63) is 12.2 Å². The molecule has 0 aromatic heterocycles. The van der Waals surface area contributed by atoms with Gasteiger partial charge in [-0.25, -0.2) is 0 Å². The summed E-state index contributed by atoms with van der Waals surface area (Å²) in [7, 11) is 0. The van der Waals surface area contributed by atoms with E-state index in [9.17, 15) is 4.79 Å². The summed E-state index contributed by atoms with van der Waals surface area (Å²) in [6.07, 6.45) is 13.3. The molecule has 0 aliphatic heterocycles. The van der Waals surface area contributed by atoms with Gasteiger partial charge < -0.3 is 10.5 Å². The van der Waals surface area contributed by atoms with Crippen LogP contribution in [-0.2, 0) is 4.79 Å². The predicted octanol–water partition coefficient (Wildman–Crippen LogP) is 3.21. The number of ketones is 1. The highest BCUT2D eigenvalue weighted by Crippen LogP contribution is 2.04. The number of Topliss-reactive ketones (excluding diaryl/α,β-unsaturated/α-hetero) is 1. The van der Waals surface area contributed by atoms with Gasteiger partial charge in [-0.1, -0.05) is 18.6 Å². The van der Waals surface area contributed by atoms with E-state index in [1.54, 1.807) is 6.92 Å². The van der Waals surface area contributed by atoms with Gasteiger partial charge in [0.05, 0.1) is 0 Å². The van der Waals surface area contributed by atoms with E-state index in [0.29, 0.717) is 5.78 Å². The van der Waals surface area contributed by atoms with Gasteiger partial charge in [-0.15, -0.1) is 0 Å². The summed E-state index contributed by atoms with van der Waals surface area (Å²) in [5, 5.41) is 0. The Hall–Kier alpha value is -0.630. The highest BCUT2D eigenvalue weighted by atomic mass is 16.1. The van der Waals surface area contributed by atoms with Gasteiger partial charge >= 0.3 is 0 Å². The van der Waals surface area contributed by atoms with Gasteiger partial charge in [0.25, 0.3) is 0 Å². The molecule has 0 heterocycles. The van der Waals surface area contributed by atoms with Crippen molar-refractivity contribution in [3.63, 3.8) is 0 Å². The van der Waals surface area contributed by atoms with Crippen molar-refractivity contribution in [3.8, 4) is 0 Å². The molecule has 0 amide bonds. The Morgan fingerprint density at radius 3 is 2.13 bits per heavy atom. The molecule has 0 spiro atoms. The topological polar surface area (TPSA) is 43.1 Å². The minimum absolute atomic E-state index is 0.306. The second-order valence-corrected chi connectivity index (χ2v) is 4.06. The molecule has 0 aliphatic carbocycles. The van der Waals surface area contributed by atoms with E-state index < -0.39 is 0 Å². The zero-order valence-electron chi connectivity index (χ0n) is 10.0. The van der Waals surface area contributed by atoms with E-state index >= 15 is 0 Å². The SMILES string of the molecule is CC(=O)CCCC/C=C/CCCCCN. The summed E-state index contributed by atoms with van der Waals surface area (Å²) in [6, 6.07) is 0. The van der Waals surface area contributed by atoms with E-state index in [1.165, 1.54) is 19.3 Å². The summed E-state index contributed by atoms with van der Waals surface area (Å²) in [5.74, 6) is 0.306. The Bertz CT molecular complexity index is 175. The highest BCUT2D eigenvalue weighted by molar-refractivity contribution is 5.75. The third kappa shape index (κ3) is 13.4. The molecule has 0 unspecified atom stereocenters. The van der Waals surface area contributed by atoms with Crippen LogP contribution >= 0.6 is 0 Å². The summed E-state index contributed by atoms with van der Waals surface area (Å²) in [5.41, 5.74) is 5.40. The molecule has 0 aromatic rings. The van der Waals surface area contributed by atoms with Crippen LogP contribution in [0.25, 0.3) is 0 Å². The maximum atomic E-state index is 10.7. The van der Waals surface area contributed by atoms with Gasteiger partial charge in [0.1, 0.15) is 5.78 Å². The maximum Gasteiger partial charge on any atom is 0.129 e. The van der Waals surface area contributed by atoms with Crippen molar-refractivity contribution < 1.29 is 4.79 Å². The second kappa shape index (κ2) is 11.4. The number of carbonyl (C=O) groups is 1. The standard InChI is InChI=1S/C13H25NO/c1-13(15)11-9-7-5-3-2-4-6-8-10-12-14/h2-3H,4-12,14H2,1H3/b3-2+. The van der Waals surface area contributed by atoms with Crippen LogP contribution < -0.4 is 5.73 Å². The summed E-state index contributed by atoms with van der Waals surface area (Å²) < 4.78 is 0. The first-order valence-electron chi connectivity index (χ1n) is 6.12. The van der Waals surface area contributed by atoms with Crippen LogP contribution in [0.2, 0.25) is 0 Å². The summed E-state index contributed by atoms with van der Waals surface area (Å²) >= 11 is 0. The fraction of sp³-hybridized carbons (Fsp3) is 0.769. The predicted molar refractivity (Wildman–Crippen MR) is 65.8 cm³/mol. The lowest BCUT2D eigenvalue weighted by atomic mass is 10.1. The summed E-state index contributed by atoms with van der Waals surface area (Å²) in [4.78, 5) is 10.7. The van der Waals surface area contributed by atoms with Crippen molar-refractivity contribution in [1.82, 2.24) is 0 Å². The first kappa shape index (κ1) is 14.4. The molecule has 0 saturated heterocycles. The quantitative estimate of drug-likeness (QED) is 0.445. The molecule has 0 atom stereocenters.